The van der Waals surface area contributed by atoms with Crippen LogP contribution in [0.3, 0.4) is 0 Å². The van der Waals surface area contributed by atoms with Crippen LogP contribution in [0, 0.1) is 27.2 Å². The van der Waals surface area contributed by atoms with Crippen molar-refractivity contribution in [1.29, 1.82) is 0 Å². The minimum atomic E-state index is -0.574. The Kier molecular flexibility index (Phi) is 14.5. The van der Waals surface area contributed by atoms with Crippen molar-refractivity contribution in [3.8, 4) is 0 Å². The molecule has 7 rings (SSSR count). The van der Waals surface area contributed by atoms with Crippen molar-refractivity contribution in [3.05, 3.63) is 249 Å². The number of non-ortho nitro benzene ring substituents is 2. The smallest absolute Gasteiger partial charge is 0.296 e. The van der Waals surface area contributed by atoms with E-state index in [0.717, 1.165) is 15.7 Å². The second-order valence-corrected chi connectivity index (χ2v) is 13.9. The molecule has 0 bridgehead atoms. The van der Waals surface area contributed by atoms with E-state index in [1.165, 1.54) is 86.8 Å². The second kappa shape index (κ2) is 20.1. The van der Waals surface area contributed by atoms with Gasteiger partial charge >= 0.3 is 17.1 Å². The van der Waals surface area contributed by atoms with Gasteiger partial charge in [0, 0.05) is 54.5 Å². The largest absolute Gasteiger partial charge is 0.331 e. The number of halogens is 1. The van der Waals surface area contributed by atoms with Crippen LogP contribution in [0.15, 0.2) is 167 Å². The van der Waals surface area contributed by atoms with Gasteiger partial charge < -0.3 is 0 Å². The maximum Gasteiger partial charge on any atom is 0.331 e. The third-order valence-electron chi connectivity index (χ3n) is 8.70. The lowest BCUT2D eigenvalue weighted by Gasteiger charge is -2.11. The number of nitro benzene ring substituents is 2. The highest BCUT2D eigenvalue weighted by atomic mass is 79.9. The van der Waals surface area contributed by atoms with E-state index in [4.69, 9.17) is 0 Å². The number of nitro groups is 2. The van der Waals surface area contributed by atoms with Gasteiger partial charge in [-0.1, -0.05) is 84.9 Å². The number of H-pyrrole nitrogens is 2. The molecule has 0 radical (unpaired) electrons. The Balaban J connectivity index is 0.000000186. The molecule has 306 valence electrons. The minimum Gasteiger partial charge on any atom is -0.296 e. The molecule has 19 heteroatoms. The Hall–Kier alpha value is -7.80. The average Bonchev–Trinajstić information content (AvgIpc) is 3.22. The van der Waals surface area contributed by atoms with Crippen LogP contribution in [0.2, 0.25) is 0 Å². The number of benzene rings is 4. The number of nitrogens with one attached hydrogen (secondary N) is 2. The summed E-state index contributed by atoms with van der Waals surface area (Å²) in [5.41, 5.74) is 1.17. The van der Waals surface area contributed by atoms with Crippen LogP contribution in [-0.2, 0) is 26.2 Å². The van der Waals surface area contributed by atoms with Crippen molar-refractivity contribution in [2.24, 2.45) is 0 Å². The van der Waals surface area contributed by atoms with Crippen molar-refractivity contribution in [2.75, 3.05) is 0 Å². The molecule has 0 aliphatic rings. The van der Waals surface area contributed by atoms with Gasteiger partial charge in [-0.2, -0.15) is 0 Å². The first-order chi connectivity index (χ1) is 28.7. The van der Waals surface area contributed by atoms with Crippen molar-refractivity contribution >= 4 is 27.3 Å². The number of aromatic amines is 2. The summed E-state index contributed by atoms with van der Waals surface area (Å²) < 4.78 is 5.48. The lowest BCUT2D eigenvalue weighted by Crippen LogP contribution is -2.40. The first-order valence-electron chi connectivity index (χ1n) is 17.8. The first-order valence-corrected chi connectivity index (χ1v) is 18.6. The van der Waals surface area contributed by atoms with Crippen LogP contribution in [-0.4, -0.2) is 38.1 Å². The van der Waals surface area contributed by atoms with E-state index < -0.39 is 21.1 Å². The Labute approximate surface area is 346 Å². The van der Waals surface area contributed by atoms with E-state index in [0.29, 0.717) is 29.9 Å². The molecule has 18 nitrogen and oxygen atoms in total. The lowest BCUT2D eigenvalue weighted by atomic mass is 10.2. The van der Waals surface area contributed by atoms with Gasteiger partial charge in [0.25, 0.3) is 28.1 Å². The van der Waals surface area contributed by atoms with E-state index in [-0.39, 0.29) is 51.4 Å². The van der Waals surface area contributed by atoms with Gasteiger partial charge in [0.05, 0.1) is 40.5 Å². The number of hydrogen-bond acceptors (Lipinski definition) is 10. The lowest BCUT2D eigenvalue weighted by molar-refractivity contribution is -0.385. The van der Waals surface area contributed by atoms with E-state index in [2.05, 4.69) is 25.9 Å². The average molecular weight is 880 g/mol. The van der Waals surface area contributed by atoms with Gasteiger partial charge in [-0.25, -0.2) is 14.4 Å². The van der Waals surface area contributed by atoms with Crippen molar-refractivity contribution < 1.29 is 9.85 Å². The highest BCUT2D eigenvalue weighted by Gasteiger charge is 2.13. The molecule has 60 heavy (non-hydrogen) atoms. The molecule has 3 aromatic heterocycles. The maximum atomic E-state index is 12.8. The van der Waals surface area contributed by atoms with Crippen LogP contribution in [0.5, 0.6) is 0 Å². The molecule has 0 unspecified atom stereocenters. The Morgan fingerprint density at radius 3 is 1.50 bits per heavy atom. The normalized spacial score (nSPS) is 10.4. The van der Waals surface area contributed by atoms with E-state index in [9.17, 15) is 49.0 Å². The van der Waals surface area contributed by atoms with Crippen molar-refractivity contribution in [2.45, 2.75) is 33.1 Å². The molecule has 0 amide bonds. The monoisotopic (exact) mass is 878 g/mol. The van der Waals surface area contributed by atoms with Gasteiger partial charge in [0.1, 0.15) is 0 Å². The highest BCUT2D eigenvalue weighted by molar-refractivity contribution is 9.10. The molecule has 3 heterocycles. The summed E-state index contributed by atoms with van der Waals surface area (Å²) in [6.45, 7) is 2.74. The molecular weight excluding hydrogens is 844 g/mol. The van der Waals surface area contributed by atoms with Crippen LogP contribution < -0.4 is 33.7 Å². The van der Waals surface area contributed by atoms with Crippen LogP contribution in [0.25, 0.3) is 0 Å². The zero-order valence-corrected chi connectivity index (χ0v) is 33.3. The Morgan fingerprint density at radius 1 is 0.550 bits per heavy atom. The molecule has 7 aromatic rings. The fraction of sp³-hybridized carbons (Fsp3) is 0.122. The molecule has 0 aliphatic heterocycles. The summed E-state index contributed by atoms with van der Waals surface area (Å²) in [6, 6.07) is 33.3. The predicted octanol–water partition coefficient (Wildman–Crippen LogP) is 4.16. The van der Waals surface area contributed by atoms with E-state index in [1.807, 2.05) is 60.7 Å². The standard InChI is InChI=1S/C18H13BrN4O6.C12H12N2O2.C11H10N2O2/c19-16-11-20(9-12-1-5-14(6-2-12)22(26)27)18(25)21(17(16)24)10-13-3-7-15(8-4-13)23(28)29;1-9-7-11(15)13-12(16)14(9)8-10-5-3-2-4-6-10;14-10-6-7-13(11(15)12-10)8-9-4-2-1-3-5-9/h1-8,11H,9-10H2;2-7H,8H2,1H3,(H,13,15,16);1-7H,8H2,(H,12,14,15). The van der Waals surface area contributed by atoms with Crippen LogP contribution in [0.4, 0.5) is 11.4 Å². The predicted molar refractivity (Wildman–Crippen MR) is 226 cm³/mol. The van der Waals surface area contributed by atoms with Crippen molar-refractivity contribution in [1.82, 2.24) is 28.2 Å². The van der Waals surface area contributed by atoms with Crippen LogP contribution >= 0.6 is 15.9 Å². The minimum absolute atomic E-state index is 0.0602. The van der Waals surface area contributed by atoms with Gasteiger partial charge in [-0.15, -0.1) is 0 Å². The van der Waals surface area contributed by atoms with Crippen LogP contribution in [0.1, 0.15) is 27.9 Å². The zero-order valence-electron chi connectivity index (χ0n) is 31.7. The molecule has 0 aliphatic carbocycles. The molecule has 0 fully saturated rings. The fourth-order valence-corrected chi connectivity index (χ4v) is 6.11. The van der Waals surface area contributed by atoms with E-state index >= 15 is 0 Å². The van der Waals surface area contributed by atoms with Gasteiger partial charge in [-0.05, 0) is 45.1 Å². The molecule has 4 aromatic carbocycles. The Bertz CT molecular complexity index is 2980. The summed E-state index contributed by atoms with van der Waals surface area (Å²) >= 11 is 3.15. The fourth-order valence-electron chi connectivity index (χ4n) is 5.64. The van der Waals surface area contributed by atoms with Gasteiger partial charge in [-0.3, -0.25) is 62.8 Å². The summed E-state index contributed by atoms with van der Waals surface area (Å²) in [7, 11) is 0. The van der Waals surface area contributed by atoms with Crippen molar-refractivity contribution in [3.63, 3.8) is 0 Å². The SMILES string of the molecule is Cc1cc(=O)[nH]c(=O)n1Cc1ccccc1.O=c1c(Br)cn(Cc2ccc([N+](=O)[O-])cc2)c(=O)n1Cc1ccc([N+](=O)[O-])cc1.O=c1ccn(Cc2ccccc2)c(=O)[nH]1. The van der Waals surface area contributed by atoms with Gasteiger partial charge in [0.2, 0.25) is 0 Å². The first kappa shape index (κ1) is 43.3. The molecule has 0 atom stereocenters. The maximum absolute atomic E-state index is 12.8. The number of nitrogens with zero attached hydrogens (tertiary/aromatic N) is 6. The topological polar surface area (TPSA) is 240 Å². The highest BCUT2D eigenvalue weighted by Crippen LogP contribution is 2.14. The summed E-state index contributed by atoms with van der Waals surface area (Å²) in [4.78, 5) is 94.9. The number of hydrogen-bond donors (Lipinski definition) is 2. The van der Waals surface area contributed by atoms with E-state index in [1.54, 1.807) is 6.92 Å². The number of aryl methyl sites for hydroxylation is 1. The zero-order chi connectivity index (χ0) is 43.3. The number of rotatable bonds is 10. The number of aromatic nitrogens is 6. The summed E-state index contributed by atoms with van der Waals surface area (Å²) in [5.74, 6) is 0. The molecule has 2 N–H and O–H groups in total. The second-order valence-electron chi connectivity index (χ2n) is 13.0. The Morgan fingerprint density at radius 2 is 1.00 bits per heavy atom. The molecular formula is C41H35BrN8O10. The third-order valence-corrected chi connectivity index (χ3v) is 9.24. The summed E-state index contributed by atoms with van der Waals surface area (Å²) in [5, 5.41) is 21.5. The molecule has 0 saturated heterocycles. The quantitative estimate of drug-likeness (QED) is 0.147. The summed E-state index contributed by atoms with van der Waals surface area (Å²) in [6.07, 6.45) is 2.85. The van der Waals surface area contributed by atoms with Gasteiger partial charge in [0.15, 0.2) is 0 Å². The molecule has 0 saturated carbocycles. The molecule has 0 spiro atoms. The third kappa shape index (κ3) is 11.9.